The number of nitrogens with zero attached hydrogens (tertiary/aromatic N) is 4. The summed E-state index contributed by atoms with van der Waals surface area (Å²) in [5.74, 6) is 0.0393. The number of hydrogen-bond donors (Lipinski definition) is 1. The molecule has 0 aliphatic carbocycles. The number of fused-ring (bicyclic) bond motifs is 1. The first-order valence-electron chi connectivity index (χ1n) is 9.01. The quantitative estimate of drug-likeness (QED) is 0.752. The Kier molecular flexibility index (Phi) is 4.61. The predicted molar refractivity (Wildman–Crippen MR) is 100 cm³/mol. The SMILES string of the molecule is CN1C(=O)C[C@@H](CNCc2ccc(F)c3cccnc23)[C@@H]1c1cnn(C)c1. The van der Waals surface area contributed by atoms with Crippen LogP contribution in [0.3, 0.4) is 0 Å². The van der Waals surface area contributed by atoms with Crippen LogP contribution < -0.4 is 5.32 Å². The average Bonchev–Trinajstić information content (AvgIpc) is 3.20. The highest BCUT2D eigenvalue weighted by Crippen LogP contribution is 2.36. The zero-order chi connectivity index (χ0) is 19.0. The Balaban J connectivity index is 1.48. The number of halogens is 1. The van der Waals surface area contributed by atoms with E-state index in [2.05, 4.69) is 15.4 Å². The second kappa shape index (κ2) is 7.08. The Bertz CT molecular complexity index is 985. The van der Waals surface area contributed by atoms with Gasteiger partial charge in [0.25, 0.3) is 0 Å². The molecule has 1 fully saturated rings. The molecule has 3 heterocycles. The van der Waals surface area contributed by atoms with E-state index in [4.69, 9.17) is 0 Å². The van der Waals surface area contributed by atoms with E-state index >= 15 is 0 Å². The molecule has 0 spiro atoms. The van der Waals surface area contributed by atoms with Crippen LogP contribution in [0.1, 0.15) is 23.6 Å². The Morgan fingerprint density at radius 2 is 2.15 bits per heavy atom. The Hall–Kier alpha value is -2.80. The standard InChI is InChI=1S/C20H22FN5O/c1-25-12-15(11-24-25)20-14(8-18(27)26(20)2)10-22-9-13-5-6-17(21)16-4-3-7-23-19(13)16/h3-7,11-12,14,20,22H,8-10H2,1-2H3/t14-,20+/m0/s1. The van der Waals surface area contributed by atoms with Crippen LogP contribution in [0.25, 0.3) is 10.9 Å². The van der Waals surface area contributed by atoms with E-state index in [-0.39, 0.29) is 23.7 Å². The lowest BCUT2D eigenvalue weighted by Gasteiger charge is -2.24. The zero-order valence-electron chi connectivity index (χ0n) is 15.4. The highest BCUT2D eigenvalue weighted by atomic mass is 19.1. The highest BCUT2D eigenvalue weighted by molar-refractivity contribution is 5.82. The molecule has 2 aromatic heterocycles. The van der Waals surface area contributed by atoms with Crippen molar-refractivity contribution in [2.24, 2.45) is 13.0 Å². The fraction of sp³-hybridized carbons (Fsp3) is 0.350. The molecule has 1 aliphatic heterocycles. The molecule has 4 rings (SSSR count). The number of aryl methyl sites for hydroxylation is 1. The smallest absolute Gasteiger partial charge is 0.223 e. The summed E-state index contributed by atoms with van der Waals surface area (Å²) < 4.78 is 15.7. The lowest BCUT2D eigenvalue weighted by atomic mass is 9.95. The Labute approximate surface area is 157 Å². The van der Waals surface area contributed by atoms with Gasteiger partial charge in [0.15, 0.2) is 0 Å². The summed E-state index contributed by atoms with van der Waals surface area (Å²) in [6.45, 7) is 1.25. The van der Waals surface area contributed by atoms with Crippen molar-refractivity contribution in [3.8, 4) is 0 Å². The number of benzene rings is 1. The van der Waals surface area contributed by atoms with Gasteiger partial charge in [-0.3, -0.25) is 14.5 Å². The summed E-state index contributed by atoms with van der Waals surface area (Å²) in [6, 6.07) is 6.74. The van der Waals surface area contributed by atoms with Crippen molar-refractivity contribution in [3.63, 3.8) is 0 Å². The van der Waals surface area contributed by atoms with Gasteiger partial charge in [-0.05, 0) is 23.8 Å². The van der Waals surface area contributed by atoms with Gasteiger partial charge in [0, 0.05) is 62.9 Å². The first-order chi connectivity index (χ1) is 13.0. The third kappa shape index (κ3) is 3.30. The summed E-state index contributed by atoms with van der Waals surface area (Å²) in [4.78, 5) is 18.4. The second-order valence-electron chi connectivity index (χ2n) is 7.10. The van der Waals surface area contributed by atoms with Crippen LogP contribution in [0.4, 0.5) is 4.39 Å². The van der Waals surface area contributed by atoms with Crippen molar-refractivity contribution >= 4 is 16.8 Å². The molecule has 2 atom stereocenters. The fourth-order valence-electron chi connectivity index (χ4n) is 3.95. The van der Waals surface area contributed by atoms with E-state index in [1.54, 1.807) is 34.0 Å². The summed E-state index contributed by atoms with van der Waals surface area (Å²) in [5, 5.41) is 8.20. The van der Waals surface area contributed by atoms with Crippen LogP contribution in [-0.2, 0) is 18.4 Å². The number of rotatable bonds is 5. The van der Waals surface area contributed by atoms with Gasteiger partial charge >= 0.3 is 0 Å². The number of likely N-dealkylation sites (tertiary alicyclic amines) is 1. The largest absolute Gasteiger partial charge is 0.338 e. The molecule has 140 valence electrons. The van der Waals surface area contributed by atoms with Gasteiger partial charge in [-0.1, -0.05) is 6.07 Å². The van der Waals surface area contributed by atoms with Crippen LogP contribution in [-0.4, -0.2) is 39.2 Å². The Morgan fingerprint density at radius 3 is 2.93 bits per heavy atom. The number of hydrogen-bond acceptors (Lipinski definition) is 4. The fourth-order valence-corrected chi connectivity index (χ4v) is 3.95. The van der Waals surface area contributed by atoms with Crippen molar-refractivity contribution in [3.05, 3.63) is 59.8 Å². The Morgan fingerprint density at radius 1 is 1.30 bits per heavy atom. The molecule has 1 aromatic carbocycles. The van der Waals surface area contributed by atoms with Crippen molar-refractivity contribution in [1.29, 1.82) is 0 Å². The van der Waals surface area contributed by atoms with Crippen LogP contribution in [0, 0.1) is 11.7 Å². The first-order valence-corrected chi connectivity index (χ1v) is 9.01. The van der Waals surface area contributed by atoms with Crippen LogP contribution in [0.5, 0.6) is 0 Å². The normalized spacial score (nSPS) is 20.0. The van der Waals surface area contributed by atoms with Crippen molar-refractivity contribution in [1.82, 2.24) is 25.0 Å². The number of pyridine rings is 1. The number of nitrogens with one attached hydrogen (secondary N) is 1. The minimum atomic E-state index is -0.262. The topological polar surface area (TPSA) is 63.1 Å². The number of carbonyl (C=O) groups is 1. The molecule has 7 heteroatoms. The van der Waals surface area contributed by atoms with Crippen LogP contribution >= 0.6 is 0 Å². The molecule has 6 nitrogen and oxygen atoms in total. The molecular weight excluding hydrogens is 345 g/mol. The zero-order valence-corrected chi connectivity index (χ0v) is 15.4. The number of carbonyl (C=O) groups excluding carboxylic acids is 1. The minimum absolute atomic E-state index is 0.0155. The molecule has 1 N–H and O–H groups in total. The lowest BCUT2D eigenvalue weighted by molar-refractivity contribution is -0.127. The molecule has 3 aromatic rings. The summed E-state index contributed by atoms with van der Waals surface area (Å²) >= 11 is 0. The minimum Gasteiger partial charge on any atom is -0.338 e. The van der Waals surface area contributed by atoms with Gasteiger partial charge < -0.3 is 10.2 Å². The molecule has 0 radical (unpaired) electrons. The maximum absolute atomic E-state index is 13.9. The van der Waals surface area contributed by atoms with Gasteiger partial charge in [0.05, 0.1) is 17.8 Å². The molecule has 1 aliphatic rings. The van der Waals surface area contributed by atoms with Gasteiger partial charge in [-0.15, -0.1) is 0 Å². The predicted octanol–water partition coefficient (Wildman–Crippen LogP) is 2.42. The van der Waals surface area contributed by atoms with E-state index in [0.717, 1.165) is 11.1 Å². The summed E-state index contributed by atoms with van der Waals surface area (Å²) in [6.07, 6.45) is 5.97. The van der Waals surface area contributed by atoms with Crippen LogP contribution in [0.15, 0.2) is 42.9 Å². The third-order valence-corrected chi connectivity index (χ3v) is 5.28. The molecular formula is C20H22FN5O. The second-order valence-corrected chi connectivity index (χ2v) is 7.10. The van der Waals surface area contributed by atoms with E-state index in [9.17, 15) is 9.18 Å². The number of aromatic nitrogens is 3. The van der Waals surface area contributed by atoms with E-state index in [0.29, 0.717) is 30.4 Å². The molecule has 0 bridgehead atoms. The summed E-state index contributed by atoms with van der Waals surface area (Å²) in [5.41, 5.74) is 2.67. The maximum atomic E-state index is 13.9. The highest BCUT2D eigenvalue weighted by Gasteiger charge is 2.38. The molecule has 27 heavy (non-hydrogen) atoms. The van der Waals surface area contributed by atoms with Crippen molar-refractivity contribution in [2.75, 3.05) is 13.6 Å². The third-order valence-electron chi connectivity index (χ3n) is 5.28. The number of amides is 1. The molecule has 0 saturated carbocycles. The van der Waals surface area contributed by atoms with Crippen LogP contribution in [0.2, 0.25) is 0 Å². The summed E-state index contributed by atoms with van der Waals surface area (Å²) in [7, 11) is 3.72. The molecule has 1 saturated heterocycles. The average molecular weight is 367 g/mol. The van der Waals surface area contributed by atoms with Gasteiger partial charge in [0.2, 0.25) is 5.91 Å². The van der Waals surface area contributed by atoms with E-state index < -0.39 is 0 Å². The van der Waals surface area contributed by atoms with Crippen molar-refractivity contribution < 1.29 is 9.18 Å². The maximum Gasteiger partial charge on any atom is 0.223 e. The van der Waals surface area contributed by atoms with Crippen molar-refractivity contribution in [2.45, 2.75) is 19.0 Å². The lowest BCUT2D eigenvalue weighted by Crippen LogP contribution is -2.29. The molecule has 0 unspecified atom stereocenters. The van der Waals surface area contributed by atoms with Gasteiger partial charge in [-0.2, -0.15) is 5.10 Å². The molecule has 1 amide bonds. The first kappa shape index (κ1) is 17.6. The van der Waals surface area contributed by atoms with Gasteiger partial charge in [-0.25, -0.2) is 4.39 Å². The van der Waals surface area contributed by atoms with E-state index in [1.807, 2.05) is 26.5 Å². The van der Waals surface area contributed by atoms with E-state index in [1.165, 1.54) is 6.07 Å². The van der Waals surface area contributed by atoms with Gasteiger partial charge in [0.1, 0.15) is 5.82 Å². The monoisotopic (exact) mass is 367 g/mol.